The molecule has 1 aromatic carbocycles. The maximum atomic E-state index is 10.4. The molecule has 1 aromatic rings. The molecular formula is C19H27NO2. The van der Waals surface area contributed by atoms with E-state index in [2.05, 4.69) is 5.32 Å². The van der Waals surface area contributed by atoms with Crippen LogP contribution < -0.4 is 10.1 Å². The van der Waals surface area contributed by atoms with Crippen molar-refractivity contribution < 1.29 is 9.84 Å². The Morgan fingerprint density at radius 1 is 1.23 bits per heavy atom. The van der Waals surface area contributed by atoms with E-state index in [1.54, 1.807) is 7.11 Å². The highest BCUT2D eigenvalue weighted by molar-refractivity contribution is 5.30. The third-order valence-electron chi connectivity index (χ3n) is 6.48. The SMILES string of the molecule is COc1cccc([C@H](O)CN[C@@H]2C[C@H]3C[C@H]2[C@H]2CCC[C@H]32)c1. The lowest BCUT2D eigenvalue weighted by Gasteiger charge is -2.32. The summed E-state index contributed by atoms with van der Waals surface area (Å²) in [5.74, 6) is 4.65. The van der Waals surface area contributed by atoms with Gasteiger partial charge in [-0.15, -0.1) is 0 Å². The quantitative estimate of drug-likeness (QED) is 0.878. The maximum absolute atomic E-state index is 10.4. The molecule has 6 atom stereocenters. The molecule has 3 saturated carbocycles. The molecule has 3 fully saturated rings. The summed E-state index contributed by atoms with van der Waals surface area (Å²) in [6.07, 6.45) is 6.68. The first kappa shape index (κ1) is 14.5. The van der Waals surface area contributed by atoms with Crippen molar-refractivity contribution in [2.75, 3.05) is 13.7 Å². The standard InChI is InChI=1S/C19H27NO2/c1-22-14-5-2-4-12(8-14)19(21)11-20-18-10-13-9-17(18)16-7-3-6-15(13)16/h2,4-5,8,13,15-21H,3,6-7,9-11H2,1H3/t13-,15-,16+,17+,18-,19-/m1/s1. The zero-order valence-corrected chi connectivity index (χ0v) is 13.4. The number of aliphatic hydroxyl groups is 1. The van der Waals surface area contributed by atoms with Crippen molar-refractivity contribution in [2.45, 2.75) is 44.2 Å². The predicted octanol–water partition coefficient (Wildman–Crippen LogP) is 3.14. The topological polar surface area (TPSA) is 41.5 Å². The molecule has 22 heavy (non-hydrogen) atoms. The van der Waals surface area contributed by atoms with Crippen LogP contribution in [0.15, 0.2) is 24.3 Å². The van der Waals surface area contributed by atoms with Crippen LogP contribution in [0.5, 0.6) is 5.75 Å². The van der Waals surface area contributed by atoms with E-state index in [0.29, 0.717) is 12.6 Å². The number of ether oxygens (including phenoxy) is 1. The van der Waals surface area contributed by atoms with Gasteiger partial charge in [-0.05, 0) is 67.1 Å². The van der Waals surface area contributed by atoms with Crippen LogP contribution in [-0.2, 0) is 0 Å². The molecule has 3 aliphatic rings. The zero-order valence-electron chi connectivity index (χ0n) is 13.4. The number of hydrogen-bond acceptors (Lipinski definition) is 3. The highest BCUT2D eigenvalue weighted by Crippen LogP contribution is 2.58. The van der Waals surface area contributed by atoms with Crippen molar-refractivity contribution >= 4 is 0 Å². The van der Waals surface area contributed by atoms with Crippen molar-refractivity contribution in [1.82, 2.24) is 5.32 Å². The Bertz CT molecular complexity index is 532. The van der Waals surface area contributed by atoms with E-state index in [1.165, 1.54) is 32.1 Å². The van der Waals surface area contributed by atoms with Gasteiger partial charge in [0.15, 0.2) is 0 Å². The summed E-state index contributed by atoms with van der Waals surface area (Å²) in [4.78, 5) is 0. The minimum Gasteiger partial charge on any atom is -0.497 e. The van der Waals surface area contributed by atoms with Crippen LogP contribution in [0.3, 0.4) is 0 Å². The molecule has 0 heterocycles. The van der Waals surface area contributed by atoms with Crippen LogP contribution in [0, 0.1) is 23.7 Å². The van der Waals surface area contributed by atoms with Crippen molar-refractivity contribution in [3.8, 4) is 5.75 Å². The molecular weight excluding hydrogens is 274 g/mol. The van der Waals surface area contributed by atoms with Gasteiger partial charge in [0, 0.05) is 12.6 Å². The number of aliphatic hydroxyl groups excluding tert-OH is 1. The van der Waals surface area contributed by atoms with Gasteiger partial charge in [0.05, 0.1) is 13.2 Å². The van der Waals surface area contributed by atoms with Gasteiger partial charge in [0.1, 0.15) is 5.75 Å². The fraction of sp³-hybridized carbons (Fsp3) is 0.684. The second-order valence-corrected chi connectivity index (χ2v) is 7.46. The molecule has 0 aromatic heterocycles. The summed E-state index contributed by atoms with van der Waals surface area (Å²) in [5, 5.41) is 14.1. The van der Waals surface area contributed by atoms with E-state index >= 15 is 0 Å². The largest absolute Gasteiger partial charge is 0.497 e. The van der Waals surface area contributed by atoms with Gasteiger partial charge in [0.25, 0.3) is 0 Å². The molecule has 2 bridgehead atoms. The predicted molar refractivity (Wildman–Crippen MR) is 86.8 cm³/mol. The van der Waals surface area contributed by atoms with Gasteiger partial charge in [-0.3, -0.25) is 0 Å². The smallest absolute Gasteiger partial charge is 0.119 e. The Balaban J connectivity index is 1.35. The third kappa shape index (κ3) is 2.44. The summed E-state index contributed by atoms with van der Waals surface area (Å²) in [6, 6.07) is 8.39. The minimum absolute atomic E-state index is 0.450. The average molecular weight is 301 g/mol. The minimum atomic E-state index is -0.450. The van der Waals surface area contributed by atoms with Crippen molar-refractivity contribution in [1.29, 1.82) is 0 Å². The molecule has 2 N–H and O–H groups in total. The third-order valence-corrected chi connectivity index (χ3v) is 6.48. The van der Waals surface area contributed by atoms with Gasteiger partial charge < -0.3 is 15.2 Å². The number of rotatable bonds is 5. The summed E-state index contributed by atoms with van der Waals surface area (Å²) >= 11 is 0. The van der Waals surface area contributed by atoms with Crippen LogP contribution in [0.25, 0.3) is 0 Å². The molecule has 0 spiro atoms. The van der Waals surface area contributed by atoms with Gasteiger partial charge >= 0.3 is 0 Å². The van der Waals surface area contributed by atoms with E-state index < -0.39 is 6.10 Å². The van der Waals surface area contributed by atoms with E-state index in [9.17, 15) is 5.11 Å². The molecule has 3 nitrogen and oxygen atoms in total. The van der Waals surface area contributed by atoms with E-state index in [-0.39, 0.29) is 0 Å². The highest BCUT2D eigenvalue weighted by Gasteiger charge is 2.53. The molecule has 120 valence electrons. The summed E-state index contributed by atoms with van der Waals surface area (Å²) in [6.45, 7) is 0.651. The van der Waals surface area contributed by atoms with Gasteiger partial charge in [0.2, 0.25) is 0 Å². The lowest BCUT2D eigenvalue weighted by molar-refractivity contribution is 0.148. The first-order chi connectivity index (χ1) is 10.8. The fourth-order valence-corrected chi connectivity index (χ4v) is 5.53. The highest BCUT2D eigenvalue weighted by atomic mass is 16.5. The second kappa shape index (κ2) is 5.86. The first-order valence-electron chi connectivity index (χ1n) is 8.81. The molecule has 0 radical (unpaired) electrons. The van der Waals surface area contributed by atoms with E-state index in [4.69, 9.17) is 4.74 Å². The monoisotopic (exact) mass is 301 g/mol. The Morgan fingerprint density at radius 2 is 2.09 bits per heavy atom. The van der Waals surface area contributed by atoms with E-state index in [1.807, 2.05) is 24.3 Å². The Hall–Kier alpha value is -1.06. The zero-order chi connectivity index (χ0) is 15.1. The number of benzene rings is 1. The van der Waals surface area contributed by atoms with Crippen molar-refractivity contribution in [2.24, 2.45) is 23.7 Å². The fourth-order valence-electron chi connectivity index (χ4n) is 5.53. The number of hydrogen-bond donors (Lipinski definition) is 2. The van der Waals surface area contributed by atoms with Crippen LogP contribution in [0.2, 0.25) is 0 Å². The number of methoxy groups -OCH3 is 1. The normalized spacial score (nSPS) is 37.3. The van der Waals surface area contributed by atoms with Crippen molar-refractivity contribution in [3.63, 3.8) is 0 Å². The number of fused-ring (bicyclic) bond motifs is 5. The Kier molecular flexibility index (Phi) is 3.87. The lowest BCUT2D eigenvalue weighted by Crippen LogP contribution is -2.41. The Labute approximate surface area is 133 Å². The lowest BCUT2D eigenvalue weighted by atomic mass is 9.79. The molecule has 4 rings (SSSR count). The molecule has 0 unspecified atom stereocenters. The van der Waals surface area contributed by atoms with Crippen LogP contribution in [0.1, 0.15) is 43.8 Å². The van der Waals surface area contributed by atoms with Gasteiger partial charge in [-0.25, -0.2) is 0 Å². The van der Waals surface area contributed by atoms with Crippen LogP contribution in [-0.4, -0.2) is 24.8 Å². The second-order valence-electron chi connectivity index (χ2n) is 7.46. The van der Waals surface area contributed by atoms with Crippen LogP contribution >= 0.6 is 0 Å². The maximum Gasteiger partial charge on any atom is 0.119 e. The van der Waals surface area contributed by atoms with Gasteiger partial charge in [-0.2, -0.15) is 0 Å². The van der Waals surface area contributed by atoms with Crippen molar-refractivity contribution in [3.05, 3.63) is 29.8 Å². The number of nitrogens with one attached hydrogen (secondary N) is 1. The molecule has 0 amide bonds. The van der Waals surface area contributed by atoms with Gasteiger partial charge in [-0.1, -0.05) is 18.6 Å². The van der Waals surface area contributed by atoms with E-state index in [0.717, 1.165) is 35.0 Å². The average Bonchev–Trinajstić information content (AvgIpc) is 3.25. The molecule has 0 saturated heterocycles. The molecule has 3 heteroatoms. The summed E-state index contributed by atoms with van der Waals surface area (Å²) in [5.41, 5.74) is 0.939. The first-order valence-corrected chi connectivity index (χ1v) is 8.81. The molecule has 0 aliphatic heterocycles. The Morgan fingerprint density at radius 3 is 2.95 bits per heavy atom. The summed E-state index contributed by atoms with van der Waals surface area (Å²) < 4.78 is 5.24. The summed E-state index contributed by atoms with van der Waals surface area (Å²) in [7, 11) is 1.66. The molecule has 3 aliphatic carbocycles. The van der Waals surface area contributed by atoms with Crippen LogP contribution in [0.4, 0.5) is 0 Å².